The molecule has 2 amide bonds. The van der Waals surface area contributed by atoms with E-state index in [-0.39, 0.29) is 23.9 Å². The lowest BCUT2D eigenvalue weighted by molar-refractivity contribution is -0.135. The molecule has 3 rings (SSSR count). The Labute approximate surface area is 172 Å². The molecule has 2 aliphatic rings. The van der Waals surface area contributed by atoms with Gasteiger partial charge in [0.05, 0.1) is 25.4 Å². The average molecular weight is 457 g/mol. The minimum absolute atomic E-state index is 0.157. The highest BCUT2D eigenvalue weighted by atomic mass is 79.9. The summed E-state index contributed by atoms with van der Waals surface area (Å²) in [6.45, 7) is 6.86. The largest absolute Gasteiger partial charge is 0.379 e. The van der Waals surface area contributed by atoms with Gasteiger partial charge < -0.3 is 15.0 Å². The summed E-state index contributed by atoms with van der Waals surface area (Å²) < 4.78 is 19.7. The van der Waals surface area contributed by atoms with E-state index >= 15 is 0 Å². The van der Waals surface area contributed by atoms with Crippen molar-refractivity contribution in [3.63, 3.8) is 0 Å². The van der Waals surface area contributed by atoms with Gasteiger partial charge in [0.15, 0.2) is 0 Å². The van der Waals surface area contributed by atoms with Crippen molar-refractivity contribution in [3.8, 4) is 0 Å². The summed E-state index contributed by atoms with van der Waals surface area (Å²) in [6, 6.07) is 4.55. The fourth-order valence-corrected chi connectivity index (χ4v) is 3.67. The zero-order valence-electron chi connectivity index (χ0n) is 15.8. The van der Waals surface area contributed by atoms with Crippen molar-refractivity contribution in [2.24, 2.45) is 0 Å². The Morgan fingerprint density at radius 1 is 1.07 bits per heavy atom. The predicted molar refractivity (Wildman–Crippen MR) is 108 cm³/mol. The SMILES string of the molecule is O=C(CCN1CCN(C(=O)CN2CCOCC2)CC1)Nc1ccc(Br)cc1F. The van der Waals surface area contributed by atoms with Crippen molar-refractivity contribution in [2.75, 3.05) is 70.9 Å². The van der Waals surface area contributed by atoms with Crippen LogP contribution in [-0.4, -0.2) is 92.1 Å². The topological polar surface area (TPSA) is 65.1 Å². The minimum atomic E-state index is -0.463. The number of anilines is 1. The molecule has 0 unspecified atom stereocenters. The van der Waals surface area contributed by atoms with E-state index in [1.807, 2.05) is 4.90 Å². The molecule has 1 aromatic carbocycles. The third kappa shape index (κ3) is 6.23. The molecular weight excluding hydrogens is 431 g/mol. The summed E-state index contributed by atoms with van der Waals surface area (Å²) in [5.41, 5.74) is 0.187. The van der Waals surface area contributed by atoms with Gasteiger partial charge in [0, 0.05) is 56.7 Å². The number of nitrogens with one attached hydrogen (secondary N) is 1. The number of nitrogens with zero attached hydrogens (tertiary/aromatic N) is 3. The number of halogens is 2. The summed E-state index contributed by atoms with van der Waals surface area (Å²) in [5, 5.41) is 2.61. The first kappa shape index (κ1) is 21.2. The molecular formula is C19H26BrFN4O3. The summed E-state index contributed by atoms with van der Waals surface area (Å²) in [4.78, 5) is 30.7. The first-order chi connectivity index (χ1) is 13.5. The van der Waals surface area contributed by atoms with E-state index in [0.717, 1.165) is 26.2 Å². The molecule has 1 aromatic rings. The third-order valence-electron chi connectivity index (χ3n) is 5.05. The first-order valence-corrected chi connectivity index (χ1v) is 10.4. The minimum Gasteiger partial charge on any atom is -0.379 e. The number of morpholine rings is 1. The van der Waals surface area contributed by atoms with Gasteiger partial charge in [-0.05, 0) is 18.2 Å². The number of piperazine rings is 1. The predicted octanol–water partition coefficient (Wildman–Crippen LogP) is 1.39. The van der Waals surface area contributed by atoms with E-state index in [9.17, 15) is 14.0 Å². The number of hydrogen-bond acceptors (Lipinski definition) is 5. The highest BCUT2D eigenvalue weighted by Gasteiger charge is 2.23. The van der Waals surface area contributed by atoms with Crippen molar-refractivity contribution in [2.45, 2.75) is 6.42 Å². The third-order valence-corrected chi connectivity index (χ3v) is 5.54. The van der Waals surface area contributed by atoms with E-state index in [1.54, 1.807) is 6.07 Å². The summed E-state index contributed by atoms with van der Waals surface area (Å²) in [7, 11) is 0. The summed E-state index contributed by atoms with van der Waals surface area (Å²) in [6.07, 6.45) is 0.289. The highest BCUT2D eigenvalue weighted by Crippen LogP contribution is 2.19. The van der Waals surface area contributed by atoms with E-state index < -0.39 is 5.82 Å². The van der Waals surface area contributed by atoms with Crippen molar-refractivity contribution in [3.05, 3.63) is 28.5 Å². The van der Waals surface area contributed by atoms with Crippen LogP contribution in [0.4, 0.5) is 10.1 Å². The Morgan fingerprint density at radius 3 is 2.46 bits per heavy atom. The molecule has 0 atom stereocenters. The van der Waals surface area contributed by atoms with E-state index in [2.05, 4.69) is 31.0 Å². The average Bonchev–Trinajstić information content (AvgIpc) is 2.70. The highest BCUT2D eigenvalue weighted by molar-refractivity contribution is 9.10. The second kappa shape index (κ2) is 10.3. The van der Waals surface area contributed by atoms with Crippen LogP contribution in [0, 0.1) is 5.82 Å². The smallest absolute Gasteiger partial charge is 0.236 e. The maximum absolute atomic E-state index is 13.8. The van der Waals surface area contributed by atoms with Crippen LogP contribution in [0.15, 0.2) is 22.7 Å². The van der Waals surface area contributed by atoms with Crippen LogP contribution in [0.2, 0.25) is 0 Å². The van der Waals surface area contributed by atoms with E-state index in [1.165, 1.54) is 12.1 Å². The monoisotopic (exact) mass is 456 g/mol. The maximum Gasteiger partial charge on any atom is 0.236 e. The molecule has 2 heterocycles. The number of carbonyl (C=O) groups is 2. The quantitative estimate of drug-likeness (QED) is 0.700. The Morgan fingerprint density at radius 2 is 1.79 bits per heavy atom. The van der Waals surface area contributed by atoms with Crippen molar-refractivity contribution < 1.29 is 18.7 Å². The van der Waals surface area contributed by atoms with Crippen LogP contribution in [-0.2, 0) is 14.3 Å². The molecule has 9 heteroatoms. The van der Waals surface area contributed by atoms with Gasteiger partial charge >= 0.3 is 0 Å². The van der Waals surface area contributed by atoms with Crippen LogP contribution in [0.3, 0.4) is 0 Å². The van der Waals surface area contributed by atoms with E-state index in [4.69, 9.17) is 4.74 Å². The van der Waals surface area contributed by atoms with Gasteiger partial charge in [0.2, 0.25) is 11.8 Å². The lowest BCUT2D eigenvalue weighted by Crippen LogP contribution is -2.52. The molecule has 28 heavy (non-hydrogen) atoms. The van der Waals surface area contributed by atoms with Crippen LogP contribution >= 0.6 is 15.9 Å². The number of amides is 2. The summed E-state index contributed by atoms with van der Waals surface area (Å²) in [5.74, 6) is -0.521. The lowest BCUT2D eigenvalue weighted by Gasteiger charge is -2.36. The molecule has 0 radical (unpaired) electrons. The Hall–Kier alpha value is -1.55. The van der Waals surface area contributed by atoms with Crippen LogP contribution in [0.1, 0.15) is 6.42 Å². The Balaban J connectivity index is 1.35. The standard InChI is InChI=1S/C19H26BrFN4O3/c20-15-1-2-17(16(21)13-15)22-18(26)3-4-23-5-7-25(8-6-23)19(27)14-24-9-11-28-12-10-24/h1-2,13H,3-12,14H2,(H,22,26). The molecule has 0 aromatic heterocycles. The molecule has 7 nitrogen and oxygen atoms in total. The van der Waals surface area contributed by atoms with Gasteiger partial charge in [-0.25, -0.2) is 4.39 Å². The molecule has 0 aliphatic carbocycles. The molecule has 154 valence electrons. The van der Waals surface area contributed by atoms with Crippen LogP contribution in [0.25, 0.3) is 0 Å². The van der Waals surface area contributed by atoms with Crippen molar-refractivity contribution >= 4 is 33.4 Å². The Kier molecular flexibility index (Phi) is 7.78. The van der Waals surface area contributed by atoms with Crippen LogP contribution in [0.5, 0.6) is 0 Å². The second-order valence-corrected chi connectivity index (χ2v) is 7.95. The van der Waals surface area contributed by atoms with Gasteiger partial charge in [0.25, 0.3) is 0 Å². The normalized spacial score (nSPS) is 18.9. The molecule has 1 N–H and O–H groups in total. The fourth-order valence-electron chi connectivity index (χ4n) is 3.33. The molecule has 2 fully saturated rings. The van der Waals surface area contributed by atoms with Gasteiger partial charge in [0.1, 0.15) is 5.82 Å². The fraction of sp³-hybridized carbons (Fsp3) is 0.579. The van der Waals surface area contributed by atoms with Crippen molar-refractivity contribution in [1.82, 2.24) is 14.7 Å². The number of carbonyl (C=O) groups excluding carboxylic acids is 2. The zero-order valence-corrected chi connectivity index (χ0v) is 17.4. The van der Waals surface area contributed by atoms with Gasteiger partial charge in [-0.15, -0.1) is 0 Å². The Bertz CT molecular complexity index is 692. The van der Waals surface area contributed by atoms with Crippen LogP contribution < -0.4 is 5.32 Å². The number of rotatable bonds is 6. The lowest BCUT2D eigenvalue weighted by atomic mass is 10.2. The van der Waals surface area contributed by atoms with Gasteiger partial charge in [-0.2, -0.15) is 0 Å². The van der Waals surface area contributed by atoms with E-state index in [0.29, 0.717) is 43.9 Å². The number of benzene rings is 1. The van der Waals surface area contributed by atoms with Gasteiger partial charge in [-0.3, -0.25) is 19.4 Å². The zero-order chi connectivity index (χ0) is 19.9. The number of ether oxygens (including phenoxy) is 1. The molecule has 0 saturated carbocycles. The second-order valence-electron chi connectivity index (χ2n) is 7.03. The molecule has 0 bridgehead atoms. The molecule has 2 saturated heterocycles. The van der Waals surface area contributed by atoms with Crippen molar-refractivity contribution in [1.29, 1.82) is 0 Å². The molecule has 2 aliphatic heterocycles. The number of hydrogen-bond donors (Lipinski definition) is 1. The first-order valence-electron chi connectivity index (χ1n) is 9.56. The summed E-state index contributed by atoms with van der Waals surface area (Å²) >= 11 is 3.19. The maximum atomic E-state index is 13.8. The van der Waals surface area contributed by atoms with Gasteiger partial charge in [-0.1, -0.05) is 15.9 Å². The molecule has 0 spiro atoms.